The van der Waals surface area contributed by atoms with Crippen LogP contribution >= 0.6 is 0 Å². The van der Waals surface area contributed by atoms with Crippen LogP contribution in [0.5, 0.6) is 0 Å². The summed E-state index contributed by atoms with van der Waals surface area (Å²) in [5.74, 6) is 1.44. The van der Waals surface area contributed by atoms with Crippen molar-refractivity contribution in [2.24, 2.45) is 10.9 Å². The number of hydrogen-bond acceptors (Lipinski definition) is 2. The van der Waals surface area contributed by atoms with Crippen LogP contribution in [0.3, 0.4) is 0 Å². The molecule has 2 unspecified atom stereocenters. The molecule has 0 fully saturated rings. The van der Waals surface area contributed by atoms with Gasteiger partial charge < -0.3 is 10.6 Å². The topological polar surface area (TPSA) is 36.4 Å². The Balaban J connectivity index is 2.36. The lowest BCUT2D eigenvalue weighted by atomic mass is 9.91. The summed E-state index contributed by atoms with van der Waals surface area (Å²) in [7, 11) is 1.79. The molecule has 3 nitrogen and oxygen atoms in total. The Morgan fingerprint density at radius 3 is 2.81 bits per heavy atom. The van der Waals surface area contributed by atoms with Gasteiger partial charge in [-0.1, -0.05) is 37.8 Å². The van der Waals surface area contributed by atoms with Crippen molar-refractivity contribution in [1.82, 2.24) is 5.32 Å². The molecule has 2 atom stereocenters. The molecule has 2 N–H and O–H groups in total. The zero-order valence-corrected chi connectivity index (χ0v) is 13.4. The first kappa shape index (κ1) is 15.5. The fourth-order valence-corrected chi connectivity index (χ4v) is 2.47. The molecule has 0 radical (unpaired) electrons. The molecule has 1 aliphatic rings. The summed E-state index contributed by atoms with van der Waals surface area (Å²) in [6.07, 6.45) is 4.24. The summed E-state index contributed by atoms with van der Waals surface area (Å²) in [6, 6.07) is 6.99. The normalized spacial score (nSPS) is 22.7. The highest BCUT2D eigenvalue weighted by atomic mass is 15.0. The molecule has 1 heterocycles. The molecule has 3 heteroatoms. The minimum Gasteiger partial charge on any atom is -0.344 e. The number of aliphatic imine (C=N–C) groups is 1. The van der Waals surface area contributed by atoms with E-state index in [0.717, 1.165) is 23.6 Å². The van der Waals surface area contributed by atoms with Gasteiger partial charge in [-0.15, -0.1) is 0 Å². The Morgan fingerprint density at radius 1 is 1.43 bits per heavy atom. The van der Waals surface area contributed by atoms with Crippen molar-refractivity contribution >= 4 is 23.2 Å². The van der Waals surface area contributed by atoms with Crippen LogP contribution in [-0.2, 0) is 0 Å². The summed E-state index contributed by atoms with van der Waals surface area (Å²) in [4.78, 5) is 4.17. The number of hydrogen-bond donors (Lipinski definition) is 2. The fourth-order valence-electron chi connectivity index (χ4n) is 2.47. The van der Waals surface area contributed by atoms with Crippen molar-refractivity contribution in [2.45, 2.75) is 26.8 Å². The minimum atomic E-state index is 0.535. The van der Waals surface area contributed by atoms with Crippen molar-refractivity contribution < 1.29 is 0 Å². The molecule has 0 saturated carbocycles. The van der Waals surface area contributed by atoms with Gasteiger partial charge in [0, 0.05) is 25.3 Å². The molecule has 1 aromatic rings. The van der Waals surface area contributed by atoms with Gasteiger partial charge in [0.1, 0.15) is 0 Å². The van der Waals surface area contributed by atoms with Crippen molar-refractivity contribution in [2.75, 3.05) is 18.9 Å². The quantitative estimate of drug-likeness (QED) is 0.654. The third-order valence-electron chi connectivity index (χ3n) is 4.16. The van der Waals surface area contributed by atoms with Crippen LogP contribution < -0.4 is 10.6 Å². The molecule has 0 saturated heterocycles. The molecule has 112 valence electrons. The van der Waals surface area contributed by atoms with E-state index in [1.54, 1.807) is 7.05 Å². The smallest absolute Gasteiger partial charge is 0.0972 e. The fraction of sp³-hybridized carbons (Fsp3) is 0.389. The van der Waals surface area contributed by atoms with Crippen molar-refractivity contribution in [3.63, 3.8) is 0 Å². The lowest BCUT2D eigenvalue weighted by Gasteiger charge is -2.26. The first-order chi connectivity index (χ1) is 10.0. The highest BCUT2D eigenvalue weighted by Crippen LogP contribution is 2.27. The number of nitrogens with one attached hydrogen (secondary N) is 2. The Morgan fingerprint density at radius 2 is 2.19 bits per heavy atom. The van der Waals surface area contributed by atoms with Gasteiger partial charge in [-0.05, 0) is 42.5 Å². The van der Waals surface area contributed by atoms with E-state index in [9.17, 15) is 0 Å². The predicted molar refractivity (Wildman–Crippen MR) is 93.8 cm³/mol. The maximum Gasteiger partial charge on any atom is 0.0972 e. The lowest BCUT2D eigenvalue weighted by Crippen LogP contribution is -2.36. The minimum absolute atomic E-state index is 0.535. The first-order valence-electron chi connectivity index (χ1n) is 7.46. The average molecular weight is 283 g/mol. The van der Waals surface area contributed by atoms with E-state index in [1.807, 2.05) is 13.0 Å². The predicted octanol–water partition coefficient (Wildman–Crippen LogP) is 3.80. The summed E-state index contributed by atoms with van der Waals surface area (Å²) in [5.41, 5.74) is 4.74. The van der Waals surface area contributed by atoms with Gasteiger partial charge in [0.2, 0.25) is 0 Å². The second-order valence-electron chi connectivity index (χ2n) is 5.66. The van der Waals surface area contributed by atoms with E-state index in [2.05, 4.69) is 60.3 Å². The van der Waals surface area contributed by atoms with E-state index in [0.29, 0.717) is 12.0 Å². The third kappa shape index (κ3) is 3.61. The van der Waals surface area contributed by atoms with E-state index in [-0.39, 0.29) is 0 Å². The van der Waals surface area contributed by atoms with E-state index >= 15 is 0 Å². The summed E-state index contributed by atoms with van der Waals surface area (Å²) in [6.45, 7) is 11.2. The van der Waals surface area contributed by atoms with E-state index in [4.69, 9.17) is 0 Å². The Bertz CT molecular complexity index is 584. The van der Waals surface area contributed by atoms with Crippen LogP contribution in [0.2, 0.25) is 0 Å². The molecule has 1 aliphatic heterocycles. The molecular formula is C18H25N3. The monoisotopic (exact) mass is 283 g/mol. The Hall–Kier alpha value is -1.87. The maximum atomic E-state index is 4.17. The standard InChI is InChI=1S/C18H25N3/c1-6-15-7-8-16(10-18(15)21-14(4)19-5)17-9-12(2)13(3)20-11-17/h6-10,12-13,20H,1,11H2,2-5H3,(H,19,21). The van der Waals surface area contributed by atoms with Crippen molar-refractivity contribution in [3.05, 3.63) is 42.0 Å². The molecule has 1 aromatic carbocycles. The molecule has 0 amide bonds. The summed E-state index contributed by atoms with van der Waals surface area (Å²) >= 11 is 0. The van der Waals surface area contributed by atoms with Gasteiger partial charge in [0.15, 0.2) is 0 Å². The van der Waals surface area contributed by atoms with Gasteiger partial charge in [-0.3, -0.25) is 4.99 Å². The van der Waals surface area contributed by atoms with Crippen LogP contribution in [0.4, 0.5) is 5.69 Å². The molecule has 0 aliphatic carbocycles. The SMILES string of the molecule is C=Cc1ccc(C2=CC(C)C(C)NC2)cc1NC(C)=NC. The van der Waals surface area contributed by atoms with Gasteiger partial charge in [0.25, 0.3) is 0 Å². The van der Waals surface area contributed by atoms with Gasteiger partial charge in [-0.25, -0.2) is 0 Å². The first-order valence-corrected chi connectivity index (χ1v) is 7.46. The number of benzene rings is 1. The zero-order valence-electron chi connectivity index (χ0n) is 13.4. The number of rotatable bonds is 3. The van der Waals surface area contributed by atoms with Gasteiger partial charge >= 0.3 is 0 Å². The Labute approximate surface area is 127 Å². The largest absolute Gasteiger partial charge is 0.344 e. The van der Waals surface area contributed by atoms with Crippen LogP contribution in [-0.4, -0.2) is 25.5 Å². The van der Waals surface area contributed by atoms with E-state index in [1.165, 1.54) is 11.1 Å². The van der Waals surface area contributed by atoms with Gasteiger partial charge in [0.05, 0.1) is 5.84 Å². The highest BCUT2D eigenvalue weighted by molar-refractivity contribution is 5.96. The summed E-state index contributed by atoms with van der Waals surface area (Å²) in [5, 5.41) is 6.89. The number of nitrogens with zero attached hydrogens (tertiary/aromatic N) is 1. The molecule has 21 heavy (non-hydrogen) atoms. The molecule has 0 spiro atoms. The van der Waals surface area contributed by atoms with E-state index < -0.39 is 0 Å². The van der Waals surface area contributed by atoms with Crippen LogP contribution in [0.1, 0.15) is 31.9 Å². The van der Waals surface area contributed by atoms with Crippen molar-refractivity contribution in [1.29, 1.82) is 0 Å². The van der Waals surface area contributed by atoms with Crippen molar-refractivity contribution in [3.8, 4) is 0 Å². The lowest BCUT2D eigenvalue weighted by molar-refractivity contribution is 0.468. The molecule has 0 aromatic heterocycles. The average Bonchev–Trinajstić information content (AvgIpc) is 2.49. The summed E-state index contributed by atoms with van der Waals surface area (Å²) < 4.78 is 0. The second-order valence-corrected chi connectivity index (χ2v) is 5.66. The molecule has 0 bridgehead atoms. The van der Waals surface area contributed by atoms with Crippen LogP contribution in [0, 0.1) is 5.92 Å². The Kier molecular flexibility index (Phi) is 4.97. The number of amidine groups is 1. The van der Waals surface area contributed by atoms with Crippen LogP contribution in [0.25, 0.3) is 11.6 Å². The zero-order chi connectivity index (χ0) is 15.4. The second kappa shape index (κ2) is 6.72. The highest BCUT2D eigenvalue weighted by Gasteiger charge is 2.17. The van der Waals surface area contributed by atoms with Gasteiger partial charge in [-0.2, -0.15) is 0 Å². The maximum absolute atomic E-state index is 4.17. The molecular weight excluding hydrogens is 258 g/mol. The number of anilines is 1. The third-order valence-corrected chi connectivity index (χ3v) is 4.16. The molecule has 2 rings (SSSR count). The van der Waals surface area contributed by atoms with Crippen LogP contribution in [0.15, 0.2) is 35.8 Å².